The van der Waals surface area contributed by atoms with Crippen molar-refractivity contribution in [2.24, 2.45) is 0 Å². The normalized spacial score (nSPS) is 21.0. The maximum absolute atomic E-state index is 11.0. The fourth-order valence-electron chi connectivity index (χ4n) is 2.87. The van der Waals surface area contributed by atoms with E-state index < -0.39 is 5.60 Å². The fraction of sp³-hybridized carbons (Fsp3) is 0.500. The lowest BCUT2D eigenvalue weighted by molar-refractivity contribution is -0.0671. The maximum Gasteiger partial charge on any atom is 0.223 e. The van der Waals surface area contributed by atoms with Gasteiger partial charge in [-0.05, 0) is 24.3 Å². The number of hydrogen-bond acceptors (Lipinski definition) is 5. The summed E-state index contributed by atoms with van der Waals surface area (Å²) < 4.78 is 11.2. The molecular weight excluding hydrogens is 304 g/mol. The molecule has 0 unspecified atom stereocenters. The van der Waals surface area contributed by atoms with Crippen LogP contribution in [-0.2, 0) is 10.3 Å². The lowest BCUT2D eigenvalue weighted by Gasteiger charge is -2.33. The van der Waals surface area contributed by atoms with Crippen molar-refractivity contribution in [3.8, 4) is 5.88 Å². The molecule has 1 aliphatic heterocycles. The number of halogens is 1. The van der Waals surface area contributed by atoms with Gasteiger partial charge in [-0.2, -0.15) is 0 Å². The Kier molecular flexibility index (Phi) is 3.44. The zero-order valence-electron chi connectivity index (χ0n) is 12.1. The molecule has 0 radical (unpaired) electrons. The van der Waals surface area contributed by atoms with Crippen molar-refractivity contribution in [2.75, 3.05) is 13.2 Å². The van der Waals surface area contributed by atoms with Crippen LogP contribution in [0.25, 0.3) is 10.8 Å². The molecule has 4 rings (SSSR count). The van der Waals surface area contributed by atoms with E-state index in [1.54, 1.807) is 18.5 Å². The first-order valence-corrected chi connectivity index (χ1v) is 7.95. The topological polar surface area (TPSA) is 64.5 Å². The molecule has 0 amide bonds. The van der Waals surface area contributed by atoms with Crippen molar-refractivity contribution < 1.29 is 14.6 Å². The lowest BCUT2D eigenvalue weighted by Crippen LogP contribution is -2.33. The minimum Gasteiger partial charge on any atom is -0.474 e. The second-order valence-corrected chi connectivity index (χ2v) is 6.38. The molecule has 2 aromatic rings. The molecule has 5 nitrogen and oxygen atoms in total. The summed E-state index contributed by atoms with van der Waals surface area (Å²) in [7, 11) is 0. The quantitative estimate of drug-likeness (QED) is 0.881. The van der Waals surface area contributed by atoms with Crippen LogP contribution in [0.1, 0.15) is 31.2 Å². The third-order valence-electron chi connectivity index (χ3n) is 4.33. The van der Waals surface area contributed by atoms with Gasteiger partial charge >= 0.3 is 0 Å². The third-order valence-corrected chi connectivity index (χ3v) is 4.53. The molecule has 1 N–H and O–H groups in total. The van der Waals surface area contributed by atoms with Crippen LogP contribution >= 0.6 is 11.6 Å². The number of rotatable bonds is 3. The van der Waals surface area contributed by atoms with Crippen molar-refractivity contribution in [1.82, 2.24) is 9.97 Å². The molecule has 1 saturated heterocycles. The van der Waals surface area contributed by atoms with Crippen LogP contribution in [0.5, 0.6) is 5.88 Å². The highest BCUT2D eigenvalue weighted by atomic mass is 35.5. The summed E-state index contributed by atoms with van der Waals surface area (Å²) in [5.74, 6) is 0.570. The second-order valence-electron chi connectivity index (χ2n) is 5.99. The van der Waals surface area contributed by atoms with Gasteiger partial charge in [-0.3, -0.25) is 0 Å². The Hall–Kier alpha value is -1.43. The Morgan fingerprint density at radius 2 is 1.95 bits per heavy atom. The number of ether oxygens (including phenoxy) is 2. The lowest BCUT2D eigenvalue weighted by atomic mass is 9.85. The van der Waals surface area contributed by atoms with Gasteiger partial charge in [-0.15, -0.1) is 0 Å². The second kappa shape index (κ2) is 5.33. The summed E-state index contributed by atoms with van der Waals surface area (Å²) in [5.41, 5.74) is -0.162. The van der Waals surface area contributed by atoms with Gasteiger partial charge in [0.25, 0.3) is 0 Å². The van der Waals surface area contributed by atoms with E-state index >= 15 is 0 Å². The molecule has 2 fully saturated rings. The first-order chi connectivity index (χ1) is 10.7. The summed E-state index contributed by atoms with van der Waals surface area (Å²) in [6, 6.07) is 1.78. The van der Waals surface area contributed by atoms with Gasteiger partial charge in [0, 0.05) is 44.0 Å². The molecule has 0 atom stereocenters. The highest BCUT2D eigenvalue weighted by Crippen LogP contribution is 2.39. The smallest absolute Gasteiger partial charge is 0.223 e. The Morgan fingerprint density at radius 3 is 2.68 bits per heavy atom. The minimum absolute atomic E-state index is 0.253. The molecule has 0 spiro atoms. The van der Waals surface area contributed by atoms with Crippen LogP contribution in [-0.4, -0.2) is 34.4 Å². The average Bonchev–Trinajstić information content (AvgIpc) is 3.32. The molecule has 0 aromatic carbocycles. The summed E-state index contributed by atoms with van der Waals surface area (Å²) in [5, 5.41) is 13.0. The van der Waals surface area contributed by atoms with E-state index in [4.69, 9.17) is 21.1 Å². The number of nitrogens with zero attached hydrogens (tertiary/aromatic N) is 2. The van der Waals surface area contributed by atoms with Crippen LogP contribution in [0, 0.1) is 0 Å². The van der Waals surface area contributed by atoms with Gasteiger partial charge in [-0.25, -0.2) is 9.97 Å². The SMILES string of the molecule is OC1(c2cnc(OC3CC3)c3cnc(Cl)cc23)CCOCC1. The third kappa shape index (κ3) is 2.53. The van der Waals surface area contributed by atoms with E-state index in [1.165, 1.54) is 0 Å². The average molecular weight is 321 g/mol. The summed E-state index contributed by atoms with van der Waals surface area (Å²) >= 11 is 6.07. The molecule has 1 saturated carbocycles. The first kappa shape index (κ1) is 14.2. The largest absolute Gasteiger partial charge is 0.474 e. The summed E-state index contributed by atoms with van der Waals surface area (Å²) in [4.78, 5) is 8.57. The Bertz CT molecular complexity index is 712. The number of aliphatic hydroxyl groups is 1. The minimum atomic E-state index is -0.938. The van der Waals surface area contributed by atoms with Gasteiger partial charge < -0.3 is 14.6 Å². The summed E-state index contributed by atoms with van der Waals surface area (Å²) in [6.45, 7) is 1.08. The van der Waals surface area contributed by atoms with Crippen LogP contribution in [0.3, 0.4) is 0 Å². The number of hydrogen-bond donors (Lipinski definition) is 1. The highest BCUT2D eigenvalue weighted by Gasteiger charge is 2.35. The van der Waals surface area contributed by atoms with E-state index in [9.17, 15) is 5.11 Å². The number of fused-ring (bicyclic) bond motifs is 1. The molecular formula is C16H17ClN2O3. The van der Waals surface area contributed by atoms with Gasteiger partial charge in [0.2, 0.25) is 5.88 Å². The number of pyridine rings is 2. The number of aromatic nitrogens is 2. The molecule has 2 aliphatic rings. The predicted octanol–water partition coefficient (Wildman–Crippen LogP) is 2.82. The van der Waals surface area contributed by atoms with E-state index in [0.29, 0.717) is 37.1 Å². The molecule has 0 bridgehead atoms. The monoisotopic (exact) mass is 320 g/mol. The predicted molar refractivity (Wildman–Crippen MR) is 82.1 cm³/mol. The first-order valence-electron chi connectivity index (χ1n) is 7.57. The standard InChI is InChI=1S/C16H17ClN2O3/c17-14-7-11-12(8-18-14)15(22-10-1-2-10)19-9-13(11)16(20)3-5-21-6-4-16/h7-10,20H,1-6H2. The van der Waals surface area contributed by atoms with E-state index in [1.807, 2.05) is 0 Å². The Balaban J connectivity index is 1.85. The van der Waals surface area contributed by atoms with Crippen LogP contribution < -0.4 is 4.74 Å². The molecule has 6 heteroatoms. The van der Waals surface area contributed by atoms with Gasteiger partial charge in [-0.1, -0.05) is 11.6 Å². The van der Waals surface area contributed by atoms with Crippen molar-refractivity contribution >= 4 is 22.4 Å². The molecule has 116 valence electrons. The Labute approximate surface area is 133 Å². The van der Waals surface area contributed by atoms with Crippen LogP contribution in [0.4, 0.5) is 0 Å². The van der Waals surface area contributed by atoms with E-state index in [2.05, 4.69) is 9.97 Å². The van der Waals surface area contributed by atoms with Crippen LogP contribution in [0.2, 0.25) is 5.15 Å². The van der Waals surface area contributed by atoms with Crippen molar-refractivity contribution in [3.05, 3.63) is 29.2 Å². The zero-order valence-corrected chi connectivity index (χ0v) is 12.8. The van der Waals surface area contributed by atoms with E-state index in [-0.39, 0.29) is 6.10 Å². The summed E-state index contributed by atoms with van der Waals surface area (Å²) in [6.07, 6.45) is 6.86. The van der Waals surface area contributed by atoms with E-state index in [0.717, 1.165) is 29.2 Å². The van der Waals surface area contributed by atoms with Crippen molar-refractivity contribution in [2.45, 2.75) is 37.4 Å². The molecule has 2 aromatic heterocycles. The fourth-order valence-corrected chi connectivity index (χ4v) is 3.03. The molecule has 22 heavy (non-hydrogen) atoms. The molecule has 3 heterocycles. The van der Waals surface area contributed by atoms with Crippen molar-refractivity contribution in [1.29, 1.82) is 0 Å². The molecule has 1 aliphatic carbocycles. The zero-order chi connectivity index (χ0) is 15.2. The van der Waals surface area contributed by atoms with Gasteiger partial charge in [0.15, 0.2) is 0 Å². The van der Waals surface area contributed by atoms with Gasteiger partial charge in [0.1, 0.15) is 11.3 Å². The highest BCUT2D eigenvalue weighted by molar-refractivity contribution is 6.30. The Morgan fingerprint density at radius 1 is 1.18 bits per heavy atom. The van der Waals surface area contributed by atoms with Crippen LogP contribution in [0.15, 0.2) is 18.5 Å². The van der Waals surface area contributed by atoms with Crippen molar-refractivity contribution in [3.63, 3.8) is 0 Å². The maximum atomic E-state index is 11.0. The van der Waals surface area contributed by atoms with Gasteiger partial charge in [0.05, 0.1) is 11.0 Å².